The van der Waals surface area contributed by atoms with Gasteiger partial charge in [-0.25, -0.2) is 4.79 Å². The Bertz CT molecular complexity index is 563. The summed E-state index contributed by atoms with van der Waals surface area (Å²) in [5.41, 5.74) is -0.277. The van der Waals surface area contributed by atoms with Crippen molar-refractivity contribution in [3.05, 3.63) is 29.3 Å². The molecule has 0 radical (unpaired) electrons. The first-order valence-electron chi connectivity index (χ1n) is 6.01. The van der Waals surface area contributed by atoms with Crippen molar-refractivity contribution in [1.82, 2.24) is 0 Å². The Morgan fingerprint density at radius 2 is 1.80 bits per heavy atom. The molecular weight excluding hydrogens is 262 g/mol. The monoisotopic (exact) mass is 279 g/mol. The van der Waals surface area contributed by atoms with Gasteiger partial charge in [0, 0.05) is 12.1 Å². The fourth-order valence-electron chi connectivity index (χ4n) is 1.67. The second-order valence-corrected chi connectivity index (χ2v) is 5.20. The number of amides is 1. The Morgan fingerprint density at radius 1 is 1.20 bits per heavy atom. The van der Waals surface area contributed by atoms with Crippen molar-refractivity contribution in [3.63, 3.8) is 0 Å². The van der Waals surface area contributed by atoms with Gasteiger partial charge in [0.15, 0.2) is 0 Å². The SMILES string of the molecule is Cc1c(NC(=O)CC(C)(C)C(=O)O)cccc1C(=O)O. The van der Waals surface area contributed by atoms with Crippen LogP contribution in [-0.4, -0.2) is 28.1 Å². The molecule has 6 nitrogen and oxygen atoms in total. The van der Waals surface area contributed by atoms with Gasteiger partial charge in [0.05, 0.1) is 11.0 Å². The van der Waals surface area contributed by atoms with Crippen LogP contribution in [0.5, 0.6) is 0 Å². The van der Waals surface area contributed by atoms with Crippen LogP contribution in [0.4, 0.5) is 5.69 Å². The lowest BCUT2D eigenvalue weighted by atomic mass is 9.89. The van der Waals surface area contributed by atoms with E-state index in [-0.39, 0.29) is 12.0 Å². The van der Waals surface area contributed by atoms with Gasteiger partial charge in [-0.05, 0) is 38.5 Å². The standard InChI is InChI=1S/C14H17NO5/c1-8-9(12(17)18)5-4-6-10(8)15-11(16)7-14(2,3)13(19)20/h4-6H,7H2,1-3H3,(H,15,16)(H,17,18)(H,19,20). The van der Waals surface area contributed by atoms with E-state index in [0.717, 1.165) is 0 Å². The highest BCUT2D eigenvalue weighted by Crippen LogP contribution is 2.23. The van der Waals surface area contributed by atoms with Gasteiger partial charge in [0.25, 0.3) is 0 Å². The molecule has 108 valence electrons. The summed E-state index contributed by atoms with van der Waals surface area (Å²) in [5, 5.41) is 20.5. The van der Waals surface area contributed by atoms with Crippen molar-refractivity contribution in [2.24, 2.45) is 5.41 Å². The van der Waals surface area contributed by atoms with Crippen LogP contribution >= 0.6 is 0 Å². The topological polar surface area (TPSA) is 104 Å². The lowest BCUT2D eigenvalue weighted by molar-refractivity contribution is -0.148. The highest BCUT2D eigenvalue weighted by molar-refractivity contribution is 5.97. The highest BCUT2D eigenvalue weighted by Gasteiger charge is 2.30. The zero-order chi connectivity index (χ0) is 15.5. The third-order valence-corrected chi connectivity index (χ3v) is 3.02. The van der Waals surface area contributed by atoms with E-state index in [1.54, 1.807) is 13.0 Å². The van der Waals surface area contributed by atoms with Gasteiger partial charge in [-0.3, -0.25) is 9.59 Å². The number of hydrogen-bond acceptors (Lipinski definition) is 3. The summed E-state index contributed by atoms with van der Waals surface area (Å²) in [6, 6.07) is 4.54. The van der Waals surface area contributed by atoms with E-state index in [1.165, 1.54) is 26.0 Å². The molecule has 20 heavy (non-hydrogen) atoms. The number of aliphatic carboxylic acids is 1. The summed E-state index contributed by atoms with van der Waals surface area (Å²) in [4.78, 5) is 33.8. The molecule has 0 saturated carbocycles. The number of carboxylic acid groups (broad SMARTS) is 2. The molecule has 0 aliphatic rings. The molecule has 0 aliphatic carbocycles. The Hall–Kier alpha value is -2.37. The molecule has 1 amide bonds. The molecule has 0 saturated heterocycles. The minimum absolute atomic E-state index is 0.0975. The minimum Gasteiger partial charge on any atom is -0.481 e. The number of carbonyl (C=O) groups is 3. The van der Waals surface area contributed by atoms with E-state index < -0.39 is 23.3 Å². The minimum atomic E-state index is -1.18. The first-order valence-corrected chi connectivity index (χ1v) is 6.01. The molecule has 0 atom stereocenters. The Balaban J connectivity index is 2.90. The maximum Gasteiger partial charge on any atom is 0.336 e. The molecule has 6 heteroatoms. The van der Waals surface area contributed by atoms with Crippen molar-refractivity contribution in [1.29, 1.82) is 0 Å². The zero-order valence-electron chi connectivity index (χ0n) is 11.6. The summed E-state index contributed by atoms with van der Waals surface area (Å²) in [6.45, 7) is 4.49. The van der Waals surface area contributed by atoms with Crippen LogP contribution in [0, 0.1) is 12.3 Å². The first-order chi connectivity index (χ1) is 9.15. The summed E-state index contributed by atoms with van der Waals surface area (Å²) in [7, 11) is 0. The molecule has 0 fully saturated rings. The van der Waals surface area contributed by atoms with Crippen LogP contribution in [0.2, 0.25) is 0 Å². The van der Waals surface area contributed by atoms with Crippen LogP contribution in [0.15, 0.2) is 18.2 Å². The average Bonchev–Trinajstić information content (AvgIpc) is 2.30. The third kappa shape index (κ3) is 3.57. The Morgan fingerprint density at radius 3 is 2.30 bits per heavy atom. The molecule has 1 rings (SSSR count). The third-order valence-electron chi connectivity index (χ3n) is 3.02. The van der Waals surface area contributed by atoms with E-state index in [9.17, 15) is 14.4 Å². The van der Waals surface area contributed by atoms with Crippen LogP contribution in [-0.2, 0) is 9.59 Å². The summed E-state index contributed by atoms with van der Waals surface area (Å²) >= 11 is 0. The Labute approximate surface area is 116 Å². The van der Waals surface area contributed by atoms with Crippen LogP contribution < -0.4 is 5.32 Å². The quantitative estimate of drug-likeness (QED) is 0.766. The number of rotatable bonds is 5. The van der Waals surface area contributed by atoms with Gasteiger partial charge in [-0.15, -0.1) is 0 Å². The number of carbonyl (C=O) groups excluding carboxylic acids is 1. The molecule has 3 N–H and O–H groups in total. The van der Waals surface area contributed by atoms with E-state index in [0.29, 0.717) is 11.3 Å². The second kappa shape index (κ2) is 5.73. The van der Waals surface area contributed by atoms with Gasteiger partial charge < -0.3 is 15.5 Å². The molecule has 1 aromatic rings. The predicted molar refractivity (Wildman–Crippen MR) is 72.8 cm³/mol. The lowest BCUT2D eigenvalue weighted by Crippen LogP contribution is -2.29. The largest absolute Gasteiger partial charge is 0.481 e. The molecule has 0 spiro atoms. The number of carboxylic acids is 2. The molecular formula is C14H17NO5. The molecule has 1 aromatic carbocycles. The van der Waals surface area contributed by atoms with Crippen LogP contribution in [0.3, 0.4) is 0 Å². The maximum atomic E-state index is 11.8. The van der Waals surface area contributed by atoms with E-state index >= 15 is 0 Å². The highest BCUT2D eigenvalue weighted by atomic mass is 16.4. The smallest absolute Gasteiger partial charge is 0.336 e. The van der Waals surface area contributed by atoms with E-state index in [2.05, 4.69) is 5.32 Å². The number of benzene rings is 1. The number of hydrogen-bond donors (Lipinski definition) is 3. The molecule has 0 aliphatic heterocycles. The number of aromatic carboxylic acids is 1. The van der Waals surface area contributed by atoms with Gasteiger partial charge >= 0.3 is 11.9 Å². The van der Waals surface area contributed by atoms with E-state index in [1.807, 2.05) is 0 Å². The van der Waals surface area contributed by atoms with Crippen molar-refractivity contribution in [3.8, 4) is 0 Å². The predicted octanol–water partition coefficient (Wildman–Crippen LogP) is 2.13. The van der Waals surface area contributed by atoms with Crippen LogP contribution in [0.25, 0.3) is 0 Å². The van der Waals surface area contributed by atoms with Crippen molar-refractivity contribution in [2.45, 2.75) is 27.2 Å². The first kappa shape index (κ1) is 15.7. The van der Waals surface area contributed by atoms with Crippen molar-refractivity contribution in [2.75, 3.05) is 5.32 Å². The lowest BCUT2D eigenvalue weighted by Gasteiger charge is -2.19. The number of anilines is 1. The van der Waals surface area contributed by atoms with E-state index in [4.69, 9.17) is 10.2 Å². The normalized spacial score (nSPS) is 10.9. The maximum absolute atomic E-state index is 11.8. The molecule has 0 unspecified atom stereocenters. The summed E-state index contributed by atoms with van der Waals surface area (Å²) in [6.07, 6.45) is -0.195. The molecule has 0 bridgehead atoms. The van der Waals surface area contributed by atoms with Gasteiger partial charge in [0.1, 0.15) is 0 Å². The van der Waals surface area contributed by atoms with Gasteiger partial charge in [-0.2, -0.15) is 0 Å². The zero-order valence-corrected chi connectivity index (χ0v) is 11.6. The Kier molecular flexibility index (Phi) is 4.49. The second-order valence-electron chi connectivity index (χ2n) is 5.20. The fourth-order valence-corrected chi connectivity index (χ4v) is 1.67. The average molecular weight is 279 g/mol. The van der Waals surface area contributed by atoms with Gasteiger partial charge in [-0.1, -0.05) is 6.07 Å². The van der Waals surface area contributed by atoms with Crippen LogP contribution in [0.1, 0.15) is 36.2 Å². The van der Waals surface area contributed by atoms with Crippen molar-refractivity contribution < 1.29 is 24.6 Å². The fraction of sp³-hybridized carbons (Fsp3) is 0.357. The summed E-state index contributed by atoms with van der Waals surface area (Å²) in [5.74, 6) is -2.61. The summed E-state index contributed by atoms with van der Waals surface area (Å²) < 4.78 is 0. The molecule has 0 aromatic heterocycles. The van der Waals surface area contributed by atoms with Gasteiger partial charge in [0.2, 0.25) is 5.91 Å². The molecule has 0 heterocycles. The number of nitrogens with one attached hydrogen (secondary N) is 1. The van der Waals surface area contributed by atoms with Crippen molar-refractivity contribution >= 4 is 23.5 Å².